The summed E-state index contributed by atoms with van der Waals surface area (Å²) in [6.45, 7) is 10.4. The zero-order valence-corrected chi connectivity index (χ0v) is 8.97. The molecule has 12 heavy (non-hydrogen) atoms. The normalized spacial score (nSPS) is 28.6. The first kappa shape index (κ1) is 11.7. The van der Waals surface area contributed by atoms with Crippen LogP contribution < -0.4 is 0 Å². The van der Waals surface area contributed by atoms with Crippen molar-refractivity contribution in [1.29, 1.82) is 0 Å². The van der Waals surface area contributed by atoms with Gasteiger partial charge in [-0.15, -0.1) is 6.58 Å². The number of hydrogen-bond acceptors (Lipinski definition) is 0. The fourth-order valence-corrected chi connectivity index (χ4v) is 1.52. The molecule has 0 radical (unpaired) electrons. The van der Waals surface area contributed by atoms with Crippen LogP contribution in [-0.2, 0) is 0 Å². The molecule has 0 aromatic rings. The van der Waals surface area contributed by atoms with Crippen LogP contribution in [0, 0.1) is 11.8 Å². The van der Waals surface area contributed by atoms with Crippen LogP contribution >= 0.6 is 0 Å². The molecule has 0 bridgehead atoms. The Morgan fingerprint density at radius 2 is 1.58 bits per heavy atom. The molecule has 0 aromatic carbocycles. The molecule has 1 aliphatic carbocycles. The Bertz CT molecular complexity index is 96.6. The summed E-state index contributed by atoms with van der Waals surface area (Å²) < 4.78 is 0. The van der Waals surface area contributed by atoms with Gasteiger partial charge in [0.2, 0.25) is 0 Å². The number of hydrogen-bond donors (Lipinski definition) is 0. The van der Waals surface area contributed by atoms with Crippen molar-refractivity contribution in [3.05, 3.63) is 12.7 Å². The van der Waals surface area contributed by atoms with Gasteiger partial charge in [0.1, 0.15) is 0 Å². The van der Waals surface area contributed by atoms with Crippen molar-refractivity contribution in [2.45, 2.75) is 52.9 Å². The molecule has 0 atom stereocenters. The highest BCUT2D eigenvalue weighted by Gasteiger charge is 2.14. The molecule has 1 saturated carbocycles. The molecule has 0 N–H and O–H groups in total. The third kappa shape index (κ3) is 5.40. The minimum absolute atomic E-state index is 0.834. The van der Waals surface area contributed by atoms with Crippen LogP contribution in [0.2, 0.25) is 0 Å². The lowest BCUT2D eigenvalue weighted by Gasteiger charge is -2.23. The lowest BCUT2D eigenvalue weighted by atomic mass is 9.83. The standard InChI is InChI=1S/C9H16.C3H8/c1-3-9-6-4-8(2)5-7-9;1-3-2/h3,8-9H,1,4-7H2,2H3;3H2,1-2H3. The zero-order chi connectivity index (χ0) is 9.40. The summed E-state index contributed by atoms with van der Waals surface area (Å²) in [7, 11) is 0. The van der Waals surface area contributed by atoms with Crippen molar-refractivity contribution in [1.82, 2.24) is 0 Å². The van der Waals surface area contributed by atoms with Crippen LogP contribution in [0.5, 0.6) is 0 Å². The first-order chi connectivity index (χ1) is 5.74. The van der Waals surface area contributed by atoms with E-state index in [1.165, 1.54) is 32.1 Å². The third-order valence-electron chi connectivity index (χ3n) is 2.39. The Hall–Kier alpha value is -0.260. The maximum Gasteiger partial charge on any atom is -0.0236 e. The molecule has 1 fully saturated rings. The summed E-state index contributed by atoms with van der Waals surface area (Å²) in [5.41, 5.74) is 0. The molecule has 0 unspecified atom stereocenters. The van der Waals surface area contributed by atoms with Crippen LogP contribution in [0.3, 0.4) is 0 Å². The van der Waals surface area contributed by atoms with Crippen molar-refractivity contribution in [3.8, 4) is 0 Å². The quantitative estimate of drug-likeness (QED) is 0.509. The van der Waals surface area contributed by atoms with E-state index < -0.39 is 0 Å². The summed E-state index contributed by atoms with van der Waals surface area (Å²) in [6.07, 6.45) is 8.95. The lowest BCUT2D eigenvalue weighted by Crippen LogP contribution is -2.09. The highest BCUT2D eigenvalue weighted by atomic mass is 14.2. The molecule has 0 aromatic heterocycles. The Morgan fingerprint density at radius 3 is 1.92 bits per heavy atom. The summed E-state index contributed by atoms with van der Waals surface area (Å²) in [5, 5.41) is 0. The molecule has 1 aliphatic rings. The Kier molecular flexibility index (Phi) is 7.23. The van der Waals surface area contributed by atoms with E-state index in [4.69, 9.17) is 0 Å². The van der Waals surface area contributed by atoms with Gasteiger partial charge in [0, 0.05) is 0 Å². The largest absolute Gasteiger partial charge is 0.103 e. The van der Waals surface area contributed by atoms with Gasteiger partial charge in [-0.05, 0) is 24.7 Å². The maximum absolute atomic E-state index is 3.81. The van der Waals surface area contributed by atoms with Gasteiger partial charge in [-0.2, -0.15) is 0 Å². The van der Waals surface area contributed by atoms with Gasteiger partial charge in [0.25, 0.3) is 0 Å². The van der Waals surface area contributed by atoms with E-state index in [-0.39, 0.29) is 0 Å². The molecule has 0 amide bonds. The molecule has 0 spiro atoms. The SMILES string of the molecule is C=CC1CCC(C)CC1.CCC. The van der Waals surface area contributed by atoms with Crippen LogP contribution in [-0.4, -0.2) is 0 Å². The molecule has 0 heteroatoms. The molecule has 0 saturated heterocycles. The molecule has 1 rings (SSSR count). The van der Waals surface area contributed by atoms with Gasteiger partial charge in [0.05, 0.1) is 0 Å². The minimum Gasteiger partial charge on any atom is -0.103 e. The van der Waals surface area contributed by atoms with Crippen molar-refractivity contribution in [3.63, 3.8) is 0 Å². The number of allylic oxidation sites excluding steroid dienone is 1. The van der Waals surface area contributed by atoms with Crippen LogP contribution in [0.25, 0.3) is 0 Å². The second kappa shape index (κ2) is 7.39. The first-order valence-electron chi connectivity index (χ1n) is 5.37. The summed E-state index contributed by atoms with van der Waals surface area (Å²) in [5.74, 6) is 1.81. The van der Waals surface area contributed by atoms with E-state index in [0.29, 0.717) is 0 Å². The summed E-state index contributed by atoms with van der Waals surface area (Å²) in [6, 6.07) is 0. The molecule has 0 nitrogen and oxygen atoms in total. The fraction of sp³-hybridized carbons (Fsp3) is 0.833. The van der Waals surface area contributed by atoms with E-state index >= 15 is 0 Å². The third-order valence-corrected chi connectivity index (χ3v) is 2.39. The van der Waals surface area contributed by atoms with Gasteiger partial charge in [-0.3, -0.25) is 0 Å². The molecule has 0 aliphatic heterocycles. The van der Waals surface area contributed by atoms with Crippen molar-refractivity contribution in [2.24, 2.45) is 11.8 Å². The smallest absolute Gasteiger partial charge is 0.0236 e. The topological polar surface area (TPSA) is 0 Å². The van der Waals surface area contributed by atoms with E-state index in [0.717, 1.165) is 11.8 Å². The monoisotopic (exact) mass is 168 g/mol. The summed E-state index contributed by atoms with van der Waals surface area (Å²) >= 11 is 0. The van der Waals surface area contributed by atoms with Gasteiger partial charge in [0.15, 0.2) is 0 Å². The predicted octanol–water partition coefficient (Wildman–Crippen LogP) is 4.42. The average molecular weight is 168 g/mol. The predicted molar refractivity (Wildman–Crippen MR) is 57.3 cm³/mol. The highest BCUT2D eigenvalue weighted by Crippen LogP contribution is 2.28. The Balaban J connectivity index is 0.000000354. The Morgan fingerprint density at radius 1 is 1.17 bits per heavy atom. The summed E-state index contributed by atoms with van der Waals surface area (Å²) in [4.78, 5) is 0. The van der Waals surface area contributed by atoms with Gasteiger partial charge >= 0.3 is 0 Å². The van der Waals surface area contributed by atoms with Crippen LogP contribution in [0.1, 0.15) is 52.9 Å². The Labute approximate surface area is 78.1 Å². The molecular formula is C12H24. The van der Waals surface area contributed by atoms with Gasteiger partial charge in [-0.25, -0.2) is 0 Å². The van der Waals surface area contributed by atoms with Crippen molar-refractivity contribution < 1.29 is 0 Å². The van der Waals surface area contributed by atoms with Crippen molar-refractivity contribution in [2.75, 3.05) is 0 Å². The molecule has 72 valence electrons. The first-order valence-corrected chi connectivity index (χ1v) is 5.37. The van der Waals surface area contributed by atoms with E-state index in [9.17, 15) is 0 Å². The minimum atomic E-state index is 0.834. The van der Waals surface area contributed by atoms with E-state index in [2.05, 4.69) is 33.4 Å². The van der Waals surface area contributed by atoms with Crippen molar-refractivity contribution >= 4 is 0 Å². The van der Waals surface area contributed by atoms with Crippen LogP contribution in [0.4, 0.5) is 0 Å². The van der Waals surface area contributed by atoms with Gasteiger partial charge < -0.3 is 0 Å². The fourth-order valence-electron chi connectivity index (χ4n) is 1.52. The lowest BCUT2D eigenvalue weighted by molar-refractivity contribution is 0.331. The highest BCUT2D eigenvalue weighted by molar-refractivity contribution is 4.82. The molecular weight excluding hydrogens is 144 g/mol. The second-order valence-corrected chi connectivity index (χ2v) is 3.96. The number of rotatable bonds is 1. The average Bonchev–Trinajstić information content (AvgIpc) is 2.07. The van der Waals surface area contributed by atoms with Gasteiger partial charge in [-0.1, -0.05) is 46.1 Å². The maximum atomic E-state index is 3.81. The zero-order valence-electron chi connectivity index (χ0n) is 8.97. The van der Waals surface area contributed by atoms with E-state index in [1.807, 2.05) is 0 Å². The second-order valence-electron chi connectivity index (χ2n) is 3.96. The molecule has 0 heterocycles. The van der Waals surface area contributed by atoms with Crippen LogP contribution in [0.15, 0.2) is 12.7 Å². The van der Waals surface area contributed by atoms with E-state index in [1.54, 1.807) is 0 Å².